The minimum absolute atomic E-state index is 0.457. The SMILES string of the molecule is CCC(C)P1CCSC1. The zero-order chi connectivity index (χ0) is 6.69. The van der Waals surface area contributed by atoms with Gasteiger partial charge in [0.2, 0.25) is 0 Å². The van der Waals surface area contributed by atoms with Gasteiger partial charge >= 0.3 is 0 Å². The minimum atomic E-state index is 0.457. The van der Waals surface area contributed by atoms with Crippen LogP contribution in [0.25, 0.3) is 0 Å². The predicted molar refractivity (Wildman–Crippen MR) is 48.9 cm³/mol. The van der Waals surface area contributed by atoms with Gasteiger partial charge in [-0.05, 0) is 24.0 Å². The van der Waals surface area contributed by atoms with E-state index >= 15 is 0 Å². The van der Waals surface area contributed by atoms with Crippen molar-refractivity contribution in [3.8, 4) is 0 Å². The summed E-state index contributed by atoms with van der Waals surface area (Å²) in [6.07, 6.45) is 2.93. The van der Waals surface area contributed by atoms with Gasteiger partial charge in [0.25, 0.3) is 0 Å². The molecular formula is C7H15PS. The molecule has 54 valence electrons. The van der Waals surface area contributed by atoms with E-state index in [2.05, 4.69) is 25.6 Å². The topological polar surface area (TPSA) is 0 Å². The van der Waals surface area contributed by atoms with Gasteiger partial charge in [-0.3, -0.25) is 0 Å². The summed E-state index contributed by atoms with van der Waals surface area (Å²) >= 11 is 2.15. The average Bonchev–Trinajstić information content (AvgIpc) is 2.37. The first-order chi connectivity index (χ1) is 4.34. The van der Waals surface area contributed by atoms with Crippen molar-refractivity contribution in [2.24, 2.45) is 0 Å². The Kier molecular flexibility index (Phi) is 3.35. The molecule has 1 saturated heterocycles. The monoisotopic (exact) mass is 162 g/mol. The quantitative estimate of drug-likeness (QED) is 0.562. The van der Waals surface area contributed by atoms with E-state index in [9.17, 15) is 0 Å². The van der Waals surface area contributed by atoms with Gasteiger partial charge in [-0.25, -0.2) is 0 Å². The summed E-state index contributed by atoms with van der Waals surface area (Å²) in [7, 11) is 0.457. The zero-order valence-corrected chi connectivity index (χ0v) is 7.97. The number of rotatable bonds is 2. The molecule has 0 bridgehead atoms. The highest BCUT2D eigenvalue weighted by Crippen LogP contribution is 2.50. The third kappa shape index (κ3) is 2.13. The molecule has 1 heterocycles. The molecule has 0 aromatic carbocycles. The molecule has 0 aromatic heterocycles. The van der Waals surface area contributed by atoms with E-state index in [-0.39, 0.29) is 0 Å². The van der Waals surface area contributed by atoms with Crippen LogP contribution in [0, 0.1) is 0 Å². The van der Waals surface area contributed by atoms with E-state index in [1.54, 1.807) is 0 Å². The Labute approximate surface area is 63.5 Å². The first-order valence-electron chi connectivity index (χ1n) is 3.66. The zero-order valence-electron chi connectivity index (χ0n) is 6.26. The molecule has 0 saturated carbocycles. The molecule has 1 fully saturated rings. The third-order valence-electron chi connectivity index (χ3n) is 1.99. The molecule has 1 aliphatic heterocycles. The van der Waals surface area contributed by atoms with E-state index in [1.165, 1.54) is 23.8 Å². The standard InChI is InChI=1S/C7H15PS/c1-3-7(2)8-4-5-9-6-8/h7H,3-6H2,1-2H3. The summed E-state index contributed by atoms with van der Waals surface area (Å²) in [6, 6.07) is 0. The Hall–Kier alpha value is 0.780. The lowest BCUT2D eigenvalue weighted by molar-refractivity contribution is 0.892. The second-order valence-corrected chi connectivity index (χ2v) is 6.96. The second kappa shape index (κ2) is 3.83. The van der Waals surface area contributed by atoms with Crippen molar-refractivity contribution < 1.29 is 0 Å². The van der Waals surface area contributed by atoms with Gasteiger partial charge in [0.15, 0.2) is 0 Å². The molecule has 0 radical (unpaired) electrons. The van der Waals surface area contributed by atoms with Crippen LogP contribution in [-0.2, 0) is 0 Å². The van der Waals surface area contributed by atoms with Crippen LogP contribution in [0.3, 0.4) is 0 Å². The molecule has 2 atom stereocenters. The maximum absolute atomic E-state index is 2.41. The summed E-state index contributed by atoms with van der Waals surface area (Å²) in [5.74, 6) is 1.44. The van der Waals surface area contributed by atoms with Gasteiger partial charge in [-0.2, -0.15) is 11.8 Å². The lowest BCUT2D eigenvalue weighted by Crippen LogP contribution is -1.98. The largest absolute Gasteiger partial charge is 0.157 e. The fourth-order valence-corrected chi connectivity index (χ4v) is 6.43. The Morgan fingerprint density at radius 1 is 1.67 bits per heavy atom. The molecule has 0 aliphatic carbocycles. The molecule has 0 nitrogen and oxygen atoms in total. The maximum Gasteiger partial charge on any atom is 0.0139 e. The average molecular weight is 162 g/mol. The first-order valence-corrected chi connectivity index (χ1v) is 6.60. The first kappa shape index (κ1) is 7.88. The van der Waals surface area contributed by atoms with Gasteiger partial charge < -0.3 is 0 Å². The molecule has 1 rings (SSSR count). The van der Waals surface area contributed by atoms with Crippen LogP contribution in [0.2, 0.25) is 0 Å². The van der Waals surface area contributed by atoms with Crippen molar-refractivity contribution in [2.75, 3.05) is 17.4 Å². The van der Waals surface area contributed by atoms with E-state index in [4.69, 9.17) is 0 Å². The van der Waals surface area contributed by atoms with Crippen molar-refractivity contribution in [1.29, 1.82) is 0 Å². The van der Waals surface area contributed by atoms with E-state index in [0.717, 1.165) is 5.66 Å². The summed E-state index contributed by atoms with van der Waals surface area (Å²) in [4.78, 5) is 0. The van der Waals surface area contributed by atoms with Crippen molar-refractivity contribution >= 4 is 19.7 Å². The maximum atomic E-state index is 2.41. The Bertz CT molecular complexity index is 79.0. The summed E-state index contributed by atoms with van der Waals surface area (Å²) in [5, 5.41) is 0. The second-order valence-electron chi connectivity index (χ2n) is 2.61. The van der Waals surface area contributed by atoms with Crippen LogP contribution in [0.15, 0.2) is 0 Å². The normalized spacial score (nSPS) is 30.7. The smallest absolute Gasteiger partial charge is 0.0139 e. The molecule has 0 aromatic rings. The van der Waals surface area contributed by atoms with Crippen LogP contribution >= 0.6 is 19.7 Å². The number of thioether (sulfide) groups is 1. The van der Waals surface area contributed by atoms with Crippen molar-refractivity contribution in [2.45, 2.75) is 25.9 Å². The fourth-order valence-electron chi connectivity index (χ4n) is 1.03. The summed E-state index contributed by atoms with van der Waals surface area (Å²) in [5.41, 5.74) is 2.53. The lowest BCUT2D eigenvalue weighted by atomic mass is 10.4. The highest BCUT2D eigenvalue weighted by Gasteiger charge is 2.19. The Morgan fingerprint density at radius 3 is 2.89 bits per heavy atom. The summed E-state index contributed by atoms with van der Waals surface area (Å²) < 4.78 is 0. The summed E-state index contributed by atoms with van der Waals surface area (Å²) in [6.45, 7) is 4.73. The number of hydrogen-bond donors (Lipinski definition) is 0. The molecule has 0 amide bonds. The van der Waals surface area contributed by atoms with Crippen molar-refractivity contribution in [3.63, 3.8) is 0 Å². The Morgan fingerprint density at radius 2 is 2.44 bits per heavy atom. The van der Waals surface area contributed by atoms with E-state index in [1.807, 2.05) is 0 Å². The third-order valence-corrected chi connectivity index (χ3v) is 7.26. The molecule has 9 heavy (non-hydrogen) atoms. The molecule has 2 heteroatoms. The van der Waals surface area contributed by atoms with Crippen LogP contribution in [0.1, 0.15) is 20.3 Å². The molecule has 0 N–H and O–H groups in total. The van der Waals surface area contributed by atoms with Gasteiger partial charge in [-0.15, -0.1) is 0 Å². The van der Waals surface area contributed by atoms with Crippen molar-refractivity contribution in [1.82, 2.24) is 0 Å². The van der Waals surface area contributed by atoms with E-state index in [0.29, 0.717) is 7.92 Å². The predicted octanol–water partition coefficient (Wildman–Crippen LogP) is 2.97. The minimum Gasteiger partial charge on any atom is -0.157 e. The number of hydrogen-bond acceptors (Lipinski definition) is 1. The molecule has 1 aliphatic rings. The van der Waals surface area contributed by atoms with Gasteiger partial charge in [-0.1, -0.05) is 21.8 Å². The van der Waals surface area contributed by atoms with Crippen LogP contribution in [0.4, 0.5) is 0 Å². The van der Waals surface area contributed by atoms with Gasteiger partial charge in [0, 0.05) is 5.49 Å². The molecular weight excluding hydrogens is 147 g/mol. The van der Waals surface area contributed by atoms with Gasteiger partial charge in [0.1, 0.15) is 0 Å². The van der Waals surface area contributed by atoms with Crippen LogP contribution in [0.5, 0.6) is 0 Å². The highest BCUT2D eigenvalue weighted by atomic mass is 32.2. The lowest BCUT2D eigenvalue weighted by Gasteiger charge is -2.15. The van der Waals surface area contributed by atoms with Crippen molar-refractivity contribution in [3.05, 3.63) is 0 Å². The highest BCUT2D eigenvalue weighted by molar-refractivity contribution is 8.07. The molecule has 2 unspecified atom stereocenters. The van der Waals surface area contributed by atoms with Crippen LogP contribution < -0.4 is 0 Å². The fraction of sp³-hybridized carbons (Fsp3) is 1.00. The van der Waals surface area contributed by atoms with E-state index < -0.39 is 0 Å². The van der Waals surface area contributed by atoms with Gasteiger partial charge in [0.05, 0.1) is 0 Å². The van der Waals surface area contributed by atoms with Crippen LogP contribution in [-0.4, -0.2) is 23.1 Å². The Balaban J connectivity index is 2.24. The molecule has 0 spiro atoms.